The molecule has 2 aliphatic rings. The van der Waals surface area contributed by atoms with Crippen molar-refractivity contribution in [3.8, 4) is 11.8 Å². The highest BCUT2D eigenvalue weighted by atomic mass is 16.6. The first kappa shape index (κ1) is 16.6. The smallest absolute Gasteiger partial charge is 0.401 e. The lowest BCUT2D eigenvalue weighted by molar-refractivity contribution is -0.114. The van der Waals surface area contributed by atoms with Gasteiger partial charge in [0, 0.05) is 30.6 Å². The first-order valence-electron chi connectivity index (χ1n) is 8.65. The number of benzene rings is 1. The van der Waals surface area contributed by atoms with Gasteiger partial charge in [0.05, 0.1) is 0 Å². The molecule has 3 unspecified atom stereocenters. The number of hydrogen-bond donors (Lipinski definition) is 3. The summed E-state index contributed by atoms with van der Waals surface area (Å²) in [5.74, 6) is 0.438. The molecule has 3 atom stereocenters. The number of hydrogen-bond acceptors (Lipinski definition) is 6. The Balaban J connectivity index is 1.35. The molecule has 1 aromatic heterocycles. The van der Waals surface area contributed by atoms with Crippen LogP contribution in [-0.2, 0) is 4.79 Å². The summed E-state index contributed by atoms with van der Waals surface area (Å²) >= 11 is 0. The van der Waals surface area contributed by atoms with Crippen LogP contribution in [0.5, 0.6) is 11.8 Å². The molecule has 0 spiro atoms. The van der Waals surface area contributed by atoms with Crippen LogP contribution in [0.3, 0.4) is 0 Å². The number of nitrogens with zero attached hydrogens (tertiary/aromatic N) is 1. The number of oxazole rings is 1. The molecule has 3 N–H and O–H groups in total. The molecular weight excluding hydrogens is 336 g/mol. The fourth-order valence-corrected chi connectivity index (χ4v) is 3.55. The van der Waals surface area contributed by atoms with Crippen LogP contribution in [0.4, 0.5) is 5.82 Å². The van der Waals surface area contributed by atoms with Crippen LogP contribution >= 0.6 is 0 Å². The van der Waals surface area contributed by atoms with E-state index in [-0.39, 0.29) is 29.8 Å². The average molecular weight is 356 g/mol. The highest BCUT2D eigenvalue weighted by molar-refractivity contribution is 5.94. The molecule has 8 nitrogen and oxygen atoms in total. The molecule has 26 heavy (non-hydrogen) atoms. The minimum absolute atomic E-state index is 0.0130. The van der Waals surface area contributed by atoms with Gasteiger partial charge >= 0.3 is 6.08 Å². The summed E-state index contributed by atoms with van der Waals surface area (Å²) in [4.78, 5) is 27.4. The zero-order chi connectivity index (χ0) is 18.1. The van der Waals surface area contributed by atoms with Crippen LogP contribution in [0.1, 0.15) is 36.5 Å². The lowest BCUT2D eigenvalue weighted by Gasteiger charge is -2.21. The van der Waals surface area contributed by atoms with Crippen molar-refractivity contribution in [2.75, 3.05) is 5.32 Å². The quantitative estimate of drug-likeness (QED) is 0.757. The molecule has 2 aromatic rings. The SMILES string of the molecule is CC(=O)Nc1coc(Oc2ccc(C(=O)NC3CC4CCC3N4)cc2)n1. The van der Waals surface area contributed by atoms with Gasteiger partial charge in [-0.15, -0.1) is 0 Å². The predicted octanol–water partition coefficient (Wildman–Crippen LogP) is 2.05. The van der Waals surface area contributed by atoms with Crippen molar-refractivity contribution in [3.63, 3.8) is 0 Å². The summed E-state index contributed by atoms with van der Waals surface area (Å²) in [5, 5.41) is 9.11. The summed E-state index contributed by atoms with van der Waals surface area (Å²) in [6, 6.07) is 7.90. The van der Waals surface area contributed by atoms with Crippen molar-refractivity contribution in [1.82, 2.24) is 15.6 Å². The second-order valence-corrected chi connectivity index (χ2v) is 6.67. The molecule has 0 aliphatic carbocycles. The number of aromatic nitrogens is 1. The Morgan fingerprint density at radius 1 is 1.27 bits per heavy atom. The van der Waals surface area contributed by atoms with Crippen molar-refractivity contribution >= 4 is 17.6 Å². The maximum absolute atomic E-state index is 12.4. The molecule has 8 heteroatoms. The molecule has 0 saturated carbocycles. The minimum Gasteiger partial charge on any atom is -0.415 e. The van der Waals surface area contributed by atoms with E-state index < -0.39 is 0 Å². The van der Waals surface area contributed by atoms with Crippen molar-refractivity contribution < 1.29 is 18.7 Å². The Kier molecular flexibility index (Phi) is 4.34. The van der Waals surface area contributed by atoms with Gasteiger partial charge in [-0.2, -0.15) is 4.98 Å². The van der Waals surface area contributed by atoms with Gasteiger partial charge in [-0.3, -0.25) is 9.59 Å². The maximum atomic E-state index is 12.4. The van der Waals surface area contributed by atoms with E-state index in [4.69, 9.17) is 9.15 Å². The topological polar surface area (TPSA) is 105 Å². The maximum Gasteiger partial charge on any atom is 0.401 e. The van der Waals surface area contributed by atoms with Gasteiger partial charge < -0.3 is 25.1 Å². The van der Waals surface area contributed by atoms with E-state index >= 15 is 0 Å². The Hall–Kier alpha value is -2.87. The van der Waals surface area contributed by atoms with Gasteiger partial charge in [-0.1, -0.05) is 0 Å². The van der Waals surface area contributed by atoms with E-state index in [0.717, 1.165) is 12.8 Å². The van der Waals surface area contributed by atoms with Crippen LogP contribution in [0.2, 0.25) is 0 Å². The number of rotatable bonds is 5. The highest BCUT2D eigenvalue weighted by Crippen LogP contribution is 2.28. The Morgan fingerprint density at radius 3 is 2.73 bits per heavy atom. The molecule has 2 aliphatic heterocycles. The lowest BCUT2D eigenvalue weighted by Crippen LogP contribution is -2.42. The predicted molar refractivity (Wildman–Crippen MR) is 93.1 cm³/mol. The first-order chi connectivity index (χ1) is 12.6. The fraction of sp³-hybridized carbons (Fsp3) is 0.389. The number of ether oxygens (including phenoxy) is 1. The number of anilines is 1. The molecular formula is C18H20N4O4. The van der Waals surface area contributed by atoms with Crippen molar-refractivity contribution in [2.24, 2.45) is 0 Å². The van der Waals surface area contributed by atoms with Gasteiger partial charge in [-0.25, -0.2) is 0 Å². The molecule has 4 rings (SSSR count). The van der Waals surface area contributed by atoms with Crippen LogP contribution in [-0.4, -0.2) is 34.9 Å². The number of amides is 2. The van der Waals surface area contributed by atoms with E-state index in [9.17, 15) is 9.59 Å². The van der Waals surface area contributed by atoms with Gasteiger partial charge in [0.25, 0.3) is 5.91 Å². The van der Waals surface area contributed by atoms with E-state index in [0.29, 0.717) is 23.4 Å². The molecule has 2 bridgehead atoms. The summed E-state index contributed by atoms with van der Waals surface area (Å²) in [7, 11) is 0. The summed E-state index contributed by atoms with van der Waals surface area (Å²) in [6.45, 7) is 1.38. The Morgan fingerprint density at radius 2 is 2.08 bits per heavy atom. The van der Waals surface area contributed by atoms with Crippen molar-refractivity contribution in [2.45, 2.75) is 44.3 Å². The van der Waals surface area contributed by atoms with Gasteiger partial charge in [-0.05, 0) is 43.5 Å². The summed E-state index contributed by atoms with van der Waals surface area (Å²) in [6.07, 6.45) is 4.63. The highest BCUT2D eigenvalue weighted by Gasteiger charge is 2.39. The molecule has 136 valence electrons. The molecule has 2 saturated heterocycles. The van der Waals surface area contributed by atoms with Crippen LogP contribution in [0.25, 0.3) is 0 Å². The monoisotopic (exact) mass is 356 g/mol. The third-order valence-electron chi connectivity index (χ3n) is 4.73. The summed E-state index contributed by atoms with van der Waals surface area (Å²) < 4.78 is 10.6. The fourth-order valence-electron chi connectivity index (χ4n) is 3.55. The first-order valence-corrected chi connectivity index (χ1v) is 8.65. The zero-order valence-corrected chi connectivity index (χ0v) is 14.3. The summed E-state index contributed by atoms with van der Waals surface area (Å²) in [5.41, 5.74) is 0.575. The minimum atomic E-state index is -0.245. The average Bonchev–Trinajstić information content (AvgIpc) is 3.32. The van der Waals surface area contributed by atoms with Gasteiger partial charge in [0.2, 0.25) is 5.91 Å². The molecule has 2 fully saturated rings. The zero-order valence-electron chi connectivity index (χ0n) is 14.3. The lowest BCUT2D eigenvalue weighted by atomic mass is 9.95. The van der Waals surface area contributed by atoms with Crippen molar-refractivity contribution in [1.29, 1.82) is 0 Å². The van der Waals surface area contributed by atoms with Crippen LogP contribution in [0, 0.1) is 0 Å². The van der Waals surface area contributed by atoms with Gasteiger partial charge in [0.1, 0.15) is 12.0 Å². The van der Waals surface area contributed by atoms with Crippen molar-refractivity contribution in [3.05, 3.63) is 36.1 Å². The standard InChI is InChI=1S/C18H20N4O4/c1-10(23)19-16-9-25-18(22-16)26-13-5-2-11(3-6-13)17(24)21-15-8-12-4-7-14(15)20-12/h2-3,5-6,9,12,14-15,20H,4,7-8H2,1H3,(H,19,23)(H,21,24). The second-order valence-electron chi connectivity index (χ2n) is 6.67. The van der Waals surface area contributed by atoms with E-state index in [2.05, 4.69) is 20.9 Å². The second kappa shape index (κ2) is 6.80. The number of carbonyl (C=O) groups is 2. The largest absolute Gasteiger partial charge is 0.415 e. The number of carbonyl (C=O) groups excluding carboxylic acids is 2. The number of fused-ring (bicyclic) bond motifs is 2. The van der Waals surface area contributed by atoms with E-state index in [1.807, 2.05) is 0 Å². The Bertz CT molecular complexity index is 817. The third-order valence-corrected chi connectivity index (χ3v) is 4.73. The molecule has 3 heterocycles. The Labute approximate surface area is 150 Å². The van der Waals surface area contributed by atoms with Gasteiger partial charge in [0.15, 0.2) is 5.82 Å². The molecule has 0 radical (unpaired) electrons. The van der Waals surface area contributed by atoms with E-state index in [1.54, 1.807) is 24.3 Å². The number of nitrogens with one attached hydrogen (secondary N) is 3. The normalized spacial score (nSPS) is 23.7. The molecule has 2 amide bonds. The van der Waals surface area contributed by atoms with Crippen LogP contribution in [0.15, 0.2) is 34.9 Å². The van der Waals surface area contributed by atoms with E-state index in [1.165, 1.54) is 19.6 Å². The van der Waals surface area contributed by atoms with Crippen LogP contribution < -0.4 is 20.7 Å². The molecule has 1 aromatic carbocycles. The third kappa shape index (κ3) is 3.55.